The molecule has 0 saturated carbocycles. The van der Waals surface area contributed by atoms with Crippen LogP contribution in [-0.2, 0) is 12.2 Å². The van der Waals surface area contributed by atoms with E-state index in [1.165, 1.54) is 0 Å². The molecule has 0 aliphatic carbocycles. The van der Waals surface area contributed by atoms with Gasteiger partial charge in [0.05, 0.1) is 5.75 Å². The number of halogens is 1. The molecule has 1 aromatic heterocycles. The van der Waals surface area contributed by atoms with E-state index in [0.29, 0.717) is 0 Å². The second-order valence-corrected chi connectivity index (χ2v) is 5.89. The van der Waals surface area contributed by atoms with Gasteiger partial charge in [0.1, 0.15) is 11.6 Å². The van der Waals surface area contributed by atoms with E-state index in [-0.39, 0.29) is 0 Å². The van der Waals surface area contributed by atoms with Crippen LogP contribution in [0.25, 0.3) is 0 Å². The zero-order valence-corrected chi connectivity index (χ0v) is 13.5. The highest BCUT2D eigenvalue weighted by atomic mass is 35.5. The quantitative estimate of drug-likeness (QED) is 0.834. The fourth-order valence-electron chi connectivity index (χ4n) is 1.97. The van der Waals surface area contributed by atoms with Crippen molar-refractivity contribution in [1.29, 1.82) is 0 Å². The van der Waals surface area contributed by atoms with E-state index < -0.39 is 0 Å². The minimum absolute atomic E-state index is 0.738. The van der Waals surface area contributed by atoms with Gasteiger partial charge in [-0.1, -0.05) is 24.6 Å². The Morgan fingerprint density at radius 3 is 2.75 bits per heavy atom. The van der Waals surface area contributed by atoms with Gasteiger partial charge in [-0.3, -0.25) is 0 Å². The smallest absolute Gasteiger partial charge is 0.141 e. The van der Waals surface area contributed by atoms with Crippen LogP contribution in [0.5, 0.6) is 0 Å². The standard InChI is InChI=1S/C15H18ClN3S/c1-4-13-10(2)15(17-3)19-14(18-13)9-20-12-7-5-6-11(16)8-12/h5-8H,4,9H2,1-3H3,(H,17,18,19). The van der Waals surface area contributed by atoms with Gasteiger partial charge in [0.2, 0.25) is 0 Å². The summed E-state index contributed by atoms with van der Waals surface area (Å²) in [6.07, 6.45) is 0.915. The molecule has 0 radical (unpaired) electrons. The number of rotatable bonds is 5. The van der Waals surface area contributed by atoms with Gasteiger partial charge in [-0.15, -0.1) is 11.8 Å². The van der Waals surface area contributed by atoms with E-state index >= 15 is 0 Å². The number of anilines is 1. The first kappa shape index (κ1) is 15.1. The summed E-state index contributed by atoms with van der Waals surface area (Å²) >= 11 is 7.68. The molecule has 0 spiro atoms. The summed E-state index contributed by atoms with van der Waals surface area (Å²) < 4.78 is 0. The highest BCUT2D eigenvalue weighted by Gasteiger charge is 2.09. The molecule has 0 unspecified atom stereocenters. The van der Waals surface area contributed by atoms with Crippen LogP contribution < -0.4 is 5.32 Å². The largest absolute Gasteiger partial charge is 0.373 e. The summed E-state index contributed by atoms with van der Waals surface area (Å²) in [7, 11) is 1.89. The summed E-state index contributed by atoms with van der Waals surface area (Å²) in [6.45, 7) is 4.17. The lowest BCUT2D eigenvalue weighted by Crippen LogP contribution is -2.06. The van der Waals surface area contributed by atoms with Crippen molar-refractivity contribution in [3.05, 3.63) is 46.4 Å². The number of nitrogens with one attached hydrogen (secondary N) is 1. The number of thioether (sulfide) groups is 1. The Balaban J connectivity index is 2.17. The van der Waals surface area contributed by atoms with Gasteiger partial charge in [-0.05, 0) is 31.5 Å². The van der Waals surface area contributed by atoms with E-state index in [9.17, 15) is 0 Å². The highest BCUT2D eigenvalue weighted by molar-refractivity contribution is 7.98. The third kappa shape index (κ3) is 3.64. The number of nitrogens with zero attached hydrogens (tertiary/aromatic N) is 2. The molecule has 0 fully saturated rings. The molecule has 0 aliphatic rings. The van der Waals surface area contributed by atoms with Crippen LogP contribution >= 0.6 is 23.4 Å². The molecule has 0 amide bonds. The summed E-state index contributed by atoms with van der Waals surface area (Å²) in [5.41, 5.74) is 2.23. The maximum Gasteiger partial charge on any atom is 0.141 e. The van der Waals surface area contributed by atoms with Gasteiger partial charge in [0, 0.05) is 28.2 Å². The number of hydrogen-bond acceptors (Lipinski definition) is 4. The van der Waals surface area contributed by atoms with E-state index in [0.717, 1.165) is 45.0 Å². The number of hydrogen-bond donors (Lipinski definition) is 1. The lowest BCUT2D eigenvalue weighted by molar-refractivity contribution is 0.920. The minimum atomic E-state index is 0.738. The zero-order valence-electron chi connectivity index (χ0n) is 11.9. The van der Waals surface area contributed by atoms with Crippen LogP contribution in [0.3, 0.4) is 0 Å². The Hall–Kier alpha value is -1.26. The summed E-state index contributed by atoms with van der Waals surface area (Å²) in [4.78, 5) is 10.3. The first-order chi connectivity index (χ1) is 9.63. The maximum absolute atomic E-state index is 5.99. The monoisotopic (exact) mass is 307 g/mol. The molecule has 2 rings (SSSR count). The van der Waals surface area contributed by atoms with E-state index in [1.807, 2.05) is 31.3 Å². The summed E-state index contributed by atoms with van der Waals surface area (Å²) in [5, 5.41) is 3.89. The fourth-order valence-corrected chi connectivity index (χ4v) is 3.04. The second kappa shape index (κ2) is 6.95. The van der Waals surface area contributed by atoms with Gasteiger partial charge < -0.3 is 5.32 Å². The number of aromatic nitrogens is 2. The van der Waals surface area contributed by atoms with E-state index in [4.69, 9.17) is 11.6 Å². The van der Waals surface area contributed by atoms with E-state index in [1.54, 1.807) is 11.8 Å². The molecule has 1 aromatic carbocycles. The topological polar surface area (TPSA) is 37.8 Å². The number of aryl methyl sites for hydroxylation is 1. The Kier molecular flexibility index (Phi) is 5.26. The Bertz CT molecular complexity index is 576. The lowest BCUT2D eigenvalue weighted by atomic mass is 10.2. The van der Waals surface area contributed by atoms with Gasteiger partial charge >= 0.3 is 0 Å². The molecule has 2 aromatic rings. The van der Waals surface area contributed by atoms with Gasteiger partial charge in [0.15, 0.2) is 0 Å². The van der Waals surface area contributed by atoms with Crippen LogP contribution in [-0.4, -0.2) is 17.0 Å². The molecule has 0 aliphatic heterocycles. The van der Waals surface area contributed by atoms with Crippen molar-refractivity contribution < 1.29 is 0 Å². The molecule has 0 atom stereocenters. The fraction of sp³-hybridized carbons (Fsp3) is 0.333. The zero-order chi connectivity index (χ0) is 14.5. The van der Waals surface area contributed by atoms with Crippen molar-refractivity contribution in [2.45, 2.75) is 30.9 Å². The average Bonchev–Trinajstić information content (AvgIpc) is 2.46. The average molecular weight is 308 g/mol. The predicted molar refractivity (Wildman–Crippen MR) is 86.7 cm³/mol. The first-order valence-corrected chi connectivity index (χ1v) is 7.93. The highest BCUT2D eigenvalue weighted by Crippen LogP contribution is 2.25. The molecule has 20 heavy (non-hydrogen) atoms. The van der Waals surface area contributed by atoms with Crippen LogP contribution in [0.4, 0.5) is 5.82 Å². The molecule has 0 bridgehead atoms. The Morgan fingerprint density at radius 2 is 2.10 bits per heavy atom. The van der Waals surface area contributed by atoms with Gasteiger partial charge in [0.25, 0.3) is 0 Å². The van der Waals surface area contributed by atoms with Crippen molar-refractivity contribution >= 4 is 29.2 Å². The SMILES string of the molecule is CCc1nc(CSc2cccc(Cl)c2)nc(NC)c1C. The van der Waals surface area contributed by atoms with Gasteiger partial charge in [-0.2, -0.15) is 0 Å². The minimum Gasteiger partial charge on any atom is -0.373 e. The maximum atomic E-state index is 5.99. The molecule has 1 heterocycles. The van der Waals surface area contributed by atoms with Crippen LogP contribution in [0, 0.1) is 6.92 Å². The normalized spacial score (nSPS) is 10.6. The molecule has 106 valence electrons. The molecular weight excluding hydrogens is 290 g/mol. The van der Waals surface area contributed by atoms with Crippen LogP contribution in [0.2, 0.25) is 5.02 Å². The third-order valence-corrected chi connectivity index (χ3v) is 4.25. The first-order valence-electron chi connectivity index (χ1n) is 6.56. The van der Waals surface area contributed by atoms with Crippen molar-refractivity contribution in [3.63, 3.8) is 0 Å². The Labute approximate surface area is 129 Å². The van der Waals surface area contributed by atoms with Crippen LogP contribution in [0.15, 0.2) is 29.2 Å². The van der Waals surface area contributed by atoms with E-state index in [2.05, 4.69) is 29.1 Å². The van der Waals surface area contributed by atoms with Crippen molar-refractivity contribution in [2.75, 3.05) is 12.4 Å². The van der Waals surface area contributed by atoms with Crippen molar-refractivity contribution in [1.82, 2.24) is 9.97 Å². The predicted octanol–water partition coefficient (Wildman–Crippen LogP) is 4.33. The second-order valence-electron chi connectivity index (χ2n) is 4.41. The third-order valence-electron chi connectivity index (χ3n) is 3.03. The molecule has 3 nitrogen and oxygen atoms in total. The molecule has 0 saturated heterocycles. The number of benzene rings is 1. The molecular formula is C15H18ClN3S. The summed E-state index contributed by atoms with van der Waals surface area (Å²) in [6, 6.07) is 7.84. The van der Waals surface area contributed by atoms with Crippen LogP contribution in [0.1, 0.15) is 24.0 Å². The lowest BCUT2D eigenvalue weighted by Gasteiger charge is -2.11. The van der Waals surface area contributed by atoms with Gasteiger partial charge in [-0.25, -0.2) is 9.97 Å². The van der Waals surface area contributed by atoms with Crippen molar-refractivity contribution in [2.24, 2.45) is 0 Å². The van der Waals surface area contributed by atoms with Crippen molar-refractivity contribution in [3.8, 4) is 0 Å². The summed E-state index contributed by atoms with van der Waals surface area (Å²) in [5.74, 6) is 2.50. The molecule has 5 heteroatoms. The Morgan fingerprint density at radius 1 is 1.30 bits per heavy atom. The molecule has 1 N–H and O–H groups in total.